The maximum absolute atomic E-state index is 13.1. The maximum Gasteiger partial charge on any atom is 0.278 e. The molecule has 2 N–H and O–H groups in total. The van der Waals surface area contributed by atoms with Crippen molar-refractivity contribution in [1.82, 2.24) is 15.0 Å². The number of carbonyl (C=O) groups excluding carboxylic acids is 1. The highest BCUT2D eigenvalue weighted by molar-refractivity contribution is 7.13. The van der Waals surface area contributed by atoms with Crippen LogP contribution >= 0.6 is 23.7 Å². The van der Waals surface area contributed by atoms with Gasteiger partial charge in [-0.2, -0.15) is 0 Å². The van der Waals surface area contributed by atoms with Gasteiger partial charge in [0.2, 0.25) is 0 Å². The minimum absolute atomic E-state index is 0. The molecule has 3 heterocycles. The van der Waals surface area contributed by atoms with Crippen molar-refractivity contribution in [1.29, 1.82) is 0 Å². The van der Waals surface area contributed by atoms with Crippen molar-refractivity contribution in [2.24, 2.45) is 0 Å². The molecule has 9 heteroatoms. The number of hydrogen-bond donors (Lipinski definition) is 2. The Morgan fingerprint density at radius 2 is 1.74 bits per heavy atom. The molecular formula is C25H26ClN5O2S. The van der Waals surface area contributed by atoms with E-state index in [1.807, 2.05) is 29.6 Å². The van der Waals surface area contributed by atoms with Gasteiger partial charge < -0.3 is 14.6 Å². The molecule has 0 bridgehead atoms. The summed E-state index contributed by atoms with van der Waals surface area (Å²) in [7, 11) is 1.63. The van der Waals surface area contributed by atoms with E-state index in [2.05, 4.69) is 49.4 Å². The van der Waals surface area contributed by atoms with E-state index in [0.717, 1.165) is 30.0 Å². The van der Waals surface area contributed by atoms with Gasteiger partial charge in [0, 0.05) is 41.5 Å². The van der Waals surface area contributed by atoms with Gasteiger partial charge >= 0.3 is 0 Å². The molecule has 0 radical (unpaired) electrons. The highest BCUT2D eigenvalue weighted by Crippen LogP contribution is 2.30. The Morgan fingerprint density at radius 1 is 1.03 bits per heavy atom. The van der Waals surface area contributed by atoms with Crippen molar-refractivity contribution in [2.75, 3.05) is 30.4 Å². The number of aromatic nitrogens is 3. The molecule has 7 nitrogen and oxygen atoms in total. The van der Waals surface area contributed by atoms with Crippen molar-refractivity contribution in [3.8, 4) is 28.4 Å². The Labute approximate surface area is 208 Å². The third kappa shape index (κ3) is 5.08. The number of hydrogen-bond acceptors (Lipinski definition) is 6. The summed E-state index contributed by atoms with van der Waals surface area (Å²) in [4.78, 5) is 27.7. The van der Waals surface area contributed by atoms with Crippen LogP contribution in [0, 0.1) is 0 Å². The molecule has 34 heavy (non-hydrogen) atoms. The second-order valence-electron chi connectivity index (χ2n) is 7.92. The SMILES string of the molecule is COc1ccc(-c2[nH]c(-c3ccc(N4CCCCC4)cc3)nc2C(=O)Nc2nccs2)cc1.Cl. The van der Waals surface area contributed by atoms with Crippen molar-refractivity contribution < 1.29 is 9.53 Å². The number of H-pyrrole nitrogens is 1. The third-order valence-corrected chi connectivity index (χ3v) is 6.50. The van der Waals surface area contributed by atoms with E-state index in [-0.39, 0.29) is 18.3 Å². The number of halogens is 1. The van der Waals surface area contributed by atoms with Crippen LogP contribution in [0.3, 0.4) is 0 Å². The lowest BCUT2D eigenvalue weighted by atomic mass is 10.1. The molecule has 1 amide bonds. The number of piperidine rings is 1. The number of rotatable bonds is 6. The first kappa shape index (κ1) is 23.8. The van der Waals surface area contributed by atoms with Crippen LogP contribution in [-0.4, -0.2) is 41.1 Å². The van der Waals surface area contributed by atoms with E-state index in [1.165, 1.54) is 36.3 Å². The van der Waals surface area contributed by atoms with Crippen LogP contribution < -0.4 is 15.0 Å². The number of nitrogens with one attached hydrogen (secondary N) is 2. The lowest BCUT2D eigenvalue weighted by molar-refractivity contribution is 0.102. The zero-order valence-corrected chi connectivity index (χ0v) is 20.4. The fourth-order valence-electron chi connectivity index (χ4n) is 4.06. The number of ether oxygens (including phenoxy) is 1. The molecule has 5 rings (SSSR count). The Hall–Kier alpha value is -3.36. The molecule has 0 saturated carbocycles. The topological polar surface area (TPSA) is 83.1 Å². The van der Waals surface area contributed by atoms with E-state index in [4.69, 9.17) is 4.74 Å². The zero-order chi connectivity index (χ0) is 22.6. The molecule has 1 fully saturated rings. The highest BCUT2D eigenvalue weighted by atomic mass is 35.5. The molecule has 1 aliphatic heterocycles. The summed E-state index contributed by atoms with van der Waals surface area (Å²) >= 11 is 1.37. The quantitative estimate of drug-likeness (QED) is 0.349. The van der Waals surface area contributed by atoms with E-state index in [0.29, 0.717) is 22.3 Å². The standard InChI is InChI=1S/C25H25N5O2S.ClH/c1-32-20-11-7-17(8-12-20)21-22(24(31)29-25-26-13-16-33-25)28-23(27-21)18-5-9-19(10-6-18)30-14-3-2-4-15-30;/h5-13,16H,2-4,14-15H2,1H3,(H,27,28)(H,26,29,31);1H. The summed E-state index contributed by atoms with van der Waals surface area (Å²) in [5.41, 5.74) is 3.98. The predicted molar refractivity (Wildman–Crippen MR) is 139 cm³/mol. The average molecular weight is 496 g/mol. The molecule has 0 spiro atoms. The van der Waals surface area contributed by atoms with Gasteiger partial charge in [0.15, 0.2) is 10.8 Å². The van der Waals surface area contributed by atoms with E-state index in [1.54, 1.807) is 13.3 Å². The van der Waals surface area contributed by atoms with Gasteiger partial charge in [0.05, 0.1) is 12.8 Å². The molecule has 2 aromatic carbocycles. The zero-order valence-electron chi connectivity index (χ0n) is 18.8. The van der Waals surface area contributed by atoms with Gasteiger partial charge in [-0.1, -0.05) is 0 Å². The number of methoxy groups -OCH3 is 1. The Morgan fingerprint density at radius 3 is 2.38 bits per heavy atom. The minimum atomic E-state index is -0.303. The van der Waals surface area contributed by atoms with Crippen molar-refractivity contribution in [2.45, 2.75) is 19.3 Å². The number of carbonyl (C=O) groups is 1. The minimum Gasteiger partial charge on any atom is -0.497 e. The van der Waals surface area contributed by atoms with Crippen molar-refractivity contribution in [3.63, 3.8) is 0 Å². The van der Waals surface area contributed by atoms with Crippen LogP contribution in [0.4, 0.5) is 10.8 Å². The summed E-state index contributed by atoms with van der Waals surface area (Å²) in [6.45, 7) is 2.20. The smallest absolute Gasteiger partial charge is 0.278 e. The normalized spacial score (nSPS) is 13.3. The predicted octanol–water partition coefficient (Wildman–Crippen LogP) is 5.87. The Bertz CT molecular complexity index is 1220. The first-order valence-corrected chi connectivity index (χ1v) is 11.9. The number of aromatic amines is 1. The van der Waals surface area contributed by atoms with Gasteiger partial charge in [0.1, 0.15) is 11.6 Å². The molecule has 0 unspecified atom stereocenters. The number of thiazole rings is 1. The molecular weight excluding hydrogens is 470 g/mol. The van der Waals surface area contributed by atoms with Gasteiger partial charge in [-0.05, 0) is 67.8 Å². The Balaban J connectivity index is 0.00000274. The van der Waals surface area contributed by atoms with E-state index in [9.17, 15) is 4.79 Å². The summed E-state index contributed by atoms with van der Waals surface area (Å²) < 4.78 is 5.27. The molecule has 0 aliphatic carbocycles. The Kier molecular flexibility index (Phi) is 7.49. The van der Waals surface area contributed by atoms with Gasteiger partial charge in [0.25, 0.3) is 5.91 Å². The van der Waals surface area contributed by atoms with Crippen LogP contribution in [0.2, 0.25) is 0 Å². The fraction of sp³-hybridized carbons (Fsp3) is 0.240. The van der Waals surface area contributed by atoms with E-state index < -0.39 is 0 Å². The van der Waals surface area contributed by atoms with Crippen LogP contribution in [0.5, 0.6) is 5.75 Å². The van der Waals surface area contributed by atoms with Crippen LogP contribution in [0.25, 0.3) is 22.6 Å². The summed E-state index contributed by atoms with van der Waals surface area (Å²) in [6.07, 6.45) is 5.44. The monoisotopic (exact) mass is 495 g/mol. The number of nitrogens with zero attached hydrogens (tertiary/aromatic N) is 3. The first-order chi connectivity index (χ1) is 16.2. The molecule has 4 aromatic rings. The van der Waals surface area contributed by atoms with Gasteiger partial charge in [-0.3, -0.25) is 10.1 Å². The number of imidazole rings is 1. The lowest BCUT2D eigenvalue weighted by Crippen LogP contribution is -2.29. The van der Waals surface area contributed by atoms with Crippen molar-refractivity contribution >= 4 is 40.5 Å². The second kappa shape index (κ2) is 10.7. The number of benzene rings is 2. The molecule has 176 valence electrons. The third-order valence-electron chi connectivity index (χ3n) is 5.81. The molecule has 1 aliphatic rings. The summed E-state index contributed by atoms with van der Waals surface area (Å²) in [5, 5.41) is 5.20. The van der Waals surface area contributed by atoms with Gasteiger partial charge in [-0.15, -0.1) is 23.7 Å². The molecule has 0 atom stereocenters. The molecule has 2 aromatic heterocycles. The lowest BCUT2D eigenvalue weighted by Gasteiger charge is -2.28. The van der Waals surface area contributed by atoms with Crippen molar-refractivity contribution in [3.05, 3.63) is 65.8 Å². The molecule has 1 saturated heterocycles. The van der Waals surface area contributed by atoms with Crippen LogP contribution in [-0.2, 0) is 0 Å². The maximum atomic E-state index is 13.1. The number of amides is 1. The average Bonchev–Trinajstić information content (AvgIpc) is 3.55. The first-order valence-electron chi connectivity index (χ1n) is 11.0. The highest BCUT2D eigenvalue weighted by Gasteiger charge is 2.21. The van der Waals surface area contributed by atoms with Crippen LogP contribution in [0.15, 0.2) is 60.1 Å². The van der Waals surface area contributed by atoms with Gasteiger partial charge in [-0.25, -0.2) is 9.97 Å². The van der Waals surface area contributed by atoms with E-state index >= 15 is 0 Å². The second-order valence-corrected chi connectivity index (χ2v) is 8.82. The fourth-order valence-corrected chi connectivity index (χ4v) is 4.59. The number of anilines is 2. The summed E-state index contributed by atoms with van der Waals surface area (Å²) in [6, 6.07) is 15.9. The van der Waals surface area contributed by atoms with Crippen LogP contribution in [0.1, 0.15) is 29.8 Å². The largest absolute Gasteiger partial charge is 0.497 e. The summed E-state index contributed by atoms with van der Waals surface area (Å²) in [5.74, 6) is 1.10.